The minimum atomic E-state index is -4.43. The summed E-state index contributed by atoms with van der Waals surface area (Å²) in [7, 11) is 0. The summed E-state index contributed by atoms with van der Waals surface area (Å²) < 4.78 is 37.5. The van der Waals surface area contributed by atoms with E-state index in [1.54, 1.807) is 0 Å². The standard InChI is InChI=1S/C14H18F3N3OS/c15-14(16,17)10-7-22-11(20-10)6-19-12(21)13-4-2-1-3-9(13)5-18-8-13/h7,9,18H,1-6,8H2,(H,19,21)/t9-,13+/m0/s1. The predicted molar refractivity (Wildman–Crippen MR) is 76.2 cm³/mol. The van der Waals surface area contributed by atoms with Gasteiger partial charge < -0.3 is 10.6 Å². The van der Waals surface area contributed by atoms with Crippen molar-refractivity contribution in [3.63, 3.8) is 0 Å². The number of aromatic nitrogens is 1. The Balaban J connectivity index is 1.63. The molecule has 0 radical (unpaired) electrons. The third kappa shape index (κ3) is 2.86. The van der Waals surface area contributed by atoms with Crippen LogP contribution < -0.4 is 10.6 Å². The van der Waals surface area contributed by atoms with Gasteiger partial charge in [0.05, 0.1) is 12.0 Å². The van der Waals surface area contributed by atoms with Crippen molar-refractivity contribution in [1.82, 2.24) is 15.6 Å². The second kappa shape index (κ2) is 5.81. The lowest BCUT2D eigenvalue weighted by Gasteiger charge is -2.37. The average molecular weight is 333 g/mol. The van der Waals surface area contributed by atoms with Crippen LogP contribution in [-0.4, -0.2) is 24.0 Å². The Labute approximate surface area is 130 Å². The van der Waals surface area contributed by atoms with Gasteiger partial charge in [-0.05, 0) is 25.3 Å². The maximum atomic E-state index is 12.6. The van der Waals surface area contributed by atoms with Gasteiger partial charge >= 0.3 is 6.18 Å². The zero-order chi connectivity index (χ0) is 15.8. The fraction of sp³-hybridized carbons (Fsp3) is 0.714. The molecule has 2 aliphatic rings. The van der Waals surface area contributed by atoms with E-state index >= 15 is 0 Å². The SMILES string of the molecule is O=C(NCc1nc(C(F)(F)F)cs1)[C@@]12CCCC[C@H]1CNC2. The Hall–Kier alpha value is -1.15. The number of amides is 1. The zero-order valence-electron chi connectivity index (χ0n) is 12.0. The van der Waals surface area contributed by atoms with Crippen molar-refractivity contribution in [2.45, 2.75) is 38.4 Å². The molecule has 0 unspecified atom stereocenters. The number of nitrogens with one attached hydrogen (secondary N) is 2. The summed E-state index contributed by atoms with van der Waals surface area (Å²) in [6, 6.07) is 0. The largest absolute Gasteiger partial charge is 0.434 e. The molecule has 0 spiro atoms. The molecular weight excluding hydrogens is 315 g/mol. The Bertz CT molecular complexity index is 560. The Morgan fingerprint density at radius 2 is 2.32 bits per heavy atom. The Kier molecular flexibility index (Phi) is 4.15. The Morgan fingerprint density at radius 3 is 3.05 bits per heavy atom. The first kappa shape index (κ1) is 15.7. The molecule has 4 nitrogen and oxygen atoms in total. The Morgan fingerprint density at radius 1 is 1.50 bits per heavy atom. The van der Waals surface area contributed by atoms with E-state index in [9.17, 15) is 18.0 Å². The molecule has 2 N–H and O–H groups in total. The lowest BCUT2D eigenvalue weighted by molar-refractivity contribution is -0.140. The van der Waals surface area contributed by atoms with Crippen LogP contribution in [0.5, 0.6) is 0 Å². The number of carbonyl (C=O) groups excluding carboxylic acids is 1. The van der Waals surface area contributed by atoms with Gasteiger partial charge in [-0.15, -0.1) is 11.3 Å². The fourth-order valence-electron chi connectivity index (χ4n) is 3.54. The molecule has 22 heavy (non-hydrogen) atoms. The molecule has 0 bridgehead atoms. The quantitative estimate of drug-likeness (QED) is 0.894. The van der Waals surface area contributed by atoms with E-state index in [0.29, 0.717) is 12.5 Å². The summed E-state index contributed by atoms with van der Waals surface area (Å²) in [5.41, 5.74) is -1.28. The molecule has 1 amide bonds. The highest BCUT2D eigenvalue weighted by molar-refractivity contribution is 7.09. The topological polar surface area (TPSA) is 54.0 Å². The van der Waals surface area contributed by atoms with Gasteiger partial charge in [-0.25, -0.2) is 4.98 Å². The van der Waals surface area contributed by atoms with Crippen LogP contribution in [0.2, 0.25) is 0 Å². The number of hydrogen-bond donors (Lipinski definition) is 2. The minimum Gasteiger partial charge on any atom is -0.349 e. The first-order valence-electron chi connectivity index (χ1n) is 7.42. The van der Waals surface area contributed by atoms with Crippen LogP contribution in [0.1, 0.15) is 36.4 Å². The van der Waals surface area contributed by atoms with Crippen molar-refractivity contribution in [2.24, 2.45) is 11.3 Å². The molecule has 2 fully saturated rings. The van der Waals surface area contributed by atoms with Gasteiger partial charge in [0.2, 0.25) is 5.91 Å². The number of hydrogen-bond acceptors (Lipinski definition) is 4. The fourth-order valence-corrected chi connectivity index (χ4v) is 4.29. The van der Waals surface area contributed by atoms with Crippen LogP contribution >= 0.6 is 11.3 Å². The van der Waals surface area contributed by atoms with E-state index in [0.717, 1.165) is 48.9 Å². The van der Waals surface area contributed by atoms with Crippen molar-refractivity contribution in [1.29, 1.82) is 0 Å². The summed E-state index contributed by atoms with van der Waals surface area (Å²) in [6.07, 6.45) is -0.372. The highest BCUT2D eigenvalue weighted by atomic mass is 32.1. The van der Waals surface area contributed by atoms with Gasteiger partial charge in [-0.2, -0.15) is 13.2 Å². The van der Waals surface area contributed by atoms with Gasteiger partial charge in [0.25, 0.3) is 0 Å². The van der Waals surface area contributed by atoms with Crippen LogP contribution in [0.25, 0.3) is 0 Å². The van der Waals surface area contributed by atoms with Crippen LogP contribution in [0.4, 0.5) is 13.2 Å². The number of nitrogens with zero attached hydrogens (tertiary/aromatic N) is 1. The van der Waals surface area contributed by atoms with Crippen molar-refractivity contribution in [3.8, 4) is 0 Å². The van der Waals surface area contributed by atoms with Gasteiger partial charge in [0.1, 0.15) is 5.01 Å². The smallest absolute Gasteiger partial charge is 0.349 e. The van der Waals surface area contributed by atoms with E-state index in [-0.39, 0.29) is 22.9 Å². The number of fused-ring (bicyclic) bond motifs is 1. The van der Waals surface area contributed by atoms with E-state index in [4.69, 9.17) is 0 Å². The maximum Gasteiger partial charge on any atom is 0.434 e. The number of carbonyl (C=O) groups is 1. The number of thiazole rings is 1. The van der Waals surface area contributed by atoms with Gasteiger partial charge in [0, 0.05) is 11.9 Å². The molecule has 1 saturated heterocycles. The van der Waals surface area contributed by atoms with Crippen molar-refractivity contribution in [2.75, 3.05) is 13.1 Å². The normalized spacial score (nSPS) is 28.4. The highest BCUT2D eigenvalue weighted by Gasteiger charge is 2.49. The van der Waals surface area contributed by atoms with E-state index in [1.165, 1.54) is 0 Å². The summed E-state index contributed by atoms with van der Waals surface area (Å²) in [6.45, 7) is 1.58. The number of alkyl halides is 3. The molecule has 2 atom stereocenters. The van der Waals surface area contributed by atoms with E-state index in [2.05, 4.69) is 15.6 Å². The molecule has 1 aromatic heterocycles. The first-order chi connectivity index (χ1) is 10.4. The first-order valence-corrected chi connectivity index (χ1v) is 8.30. The molecule has 1 aliphatic carbocycles. The summed E-state index contributed by atoms with van der Waals surface area (Å²) in [5, 5.41) is 7.36. The second-order valence-corrected chi connectivity index (χ2v) is 6.98. The lowest BCUT2D eigenvalue weighted by Crippen LogP contribution is -2.47. The molecular formula is C14H18F3N3OS. The van der Waals surface area contributed by atoms with Gasteiger partial charge in [-0.1, -0.05) is 12.8 Å². The van der Waals surface area contributed by atoms with Gasteiger partial charge in [-0.3, -0.25) is 4.79 Å². The zero-order valence-corrected chi connectivity index (χ0v) is 12.8. The molecule has 1 saturated carbocycles. The number of rotatable bonds is 3. The monoisotopic (exact) mass is 333 g/mol. The maximum absolute atomic E-state index is 12.6. The predicted octanol–water partition coefficient (Wildman–Crippen LogP) is 2.56. The summed E-state index contributed by atoms with van der Waals surface area (Å²) >= 11 is 0.927. The average Bonchev–Trinajstić information content (AvgIpc) is 3.11. The third-order valence-electron chi connectivity index (χ3n) is 4.73. The molecule has 0 aromatic carbocycles. The van der Waals surface area contributed by atoms with Crippen LogP contribution in [0.3, 0.4) is 0 Å². The molecule has 1 aliphatic heterocycles. The molecule has 2 heterocycles. The molecule has 3 rings (SSSR count). The molecule has 122 valence electrons. The lowest BCUT2D eigenvalue weighted by atomic mass is 9.67. The van der Waals surface area contributed by atoms with Crippen LogP contribution in [0.15, 0.2) is 5.38 Å². The highest BCUT2D eigenvalue weighted by Crippen LogP contribution is 2.44. The van der Waals surface area contributed by atoms with Crippen molar-refractivity contribution in [3.05, 3.63) is 16.1 Å². The van der Waals surface area contributed by atoms with Crippen molar-refractivity contribution < 1.29 is 18.0 Å². The van der Waals surface area contributed by atoms with Gasteiger partial charge in [0.15, 0.2) is 5.69 Å². The van der Waals surface area contributed by atoms with E-state index < -0.39 is 11.9 Å². The second-order valence-electron chi connectivity index (χ2n) is 6.04. The van der Waals surface area contributed by atoms with E-state index in [1.807, 2.05) is 0 Å². The molecule has 8 heteroatoms. The number of halogens is 3. The summed E-state index contributed by atoms with van der Waals surface area (Å²) in [5.74, 6) is 0.286. The minimum absolute atomic E-state index is 0.0500. The van der Waals surface area contributed by atoms with Crippen molar-refractivity contribution >= 4 is 17.2 Å². The summed E-state index contributed by atoms with van der Waals surface area (Å²) in [4.78, 5) is 16.1. The third-order valence-corrected chi connectivity index (χ3v) is 5.58. The van der Waals surface area contributed by atoms with Crippen LogP contribution in [-0.2, 0) is 17.5 Å². The van der Waals surface area contributed by atoms with Crippen LogP contribution in [0, 0.1) is 11.3 Å². The molecule has 1 aromatic rings.